The zero-order valence-corrected chi connectivity index (χ0v) is 15.6. The van der Waals surface area contributed by atoms with E-state index in [4.69, 9.17) is 0 Å². The van der Waals surface area contributed by atoms with Gasteiger partial charge in [-0.2, -0.15) is 4.99 Å². The van der Waals surface area contributed by atoms with Gasteiger partial charge in [0.15, 0.2) is 0 Å². The number of thioether (sulfide) groups is 2. The third kappa shape index (κ3) is 4.58. The largest absolute Gasteiger partial charge is 0.310 e. The summed E-state index contributed by atoms with van der Waals surface area (Å²) in [5.74, 6) is 1.44. The van der Waals surface area contributed by atoms with Crippen LogP contribution in [0.1, 0.15) is 13.8 Å². The van der Waals surface area contributed by atoms with Crippen molar-refractivity contribution in [3.63, 3.8) is 0 Å². The maximum atomic E-state index is 12.2. The van der Waals surface area contributed by atoms with Crippen LogP contribution in [-0.2, 0) is 9.59 Å². The van der Waals surface area contributed by atoms with Crippen LogP contribution in [0.5, 0.6) is 0 Å². The van der Waals surface area contributed by atoms with Crippen molar-refractivity contribution in [2.75, 3.05) is 16.8 Å². The first-order valence-electron chi connectivity index (χ1n) is 7.91. The Morgan fingerprint density at radius 1 is 1.36 bits per heavy atom. The fourth-order valence-electron chi connectivity index (χ4n) is 2.30. The molecule has 0 aromatic carbocycles. The third-order valence-corrected chi connectivity index (χ3v) is 5.86. The third-order valence-electron chi connectivity index (χ3n) is 3.53. The van der Waals surface area contributed by atoms with Gasteiger partial charge in [-0.15, -0.1) is 11.8 Å². The molecule has 8 heteroatoms. The molecule has 1 N–H and O–H groups in total. The molecule has 1 unspecified atom stereocenters. The second kappa shape index (κ2) is 7.97. The number of amidine groups is 1. The minimum atomic E-state index is -0.316. The number of anilines is 1. The van der Waals surface area contributed by atoms with E-state index in [1.165, 1.54) is 11.8 Å². The zero-order chi connectivity index (χ0) is 17.8. The van der Waals surface area contributed by atoms with Gasteiger partial charge in [0, 0.05) is 6.20 Å². The van der Waals surface area contributed by atoms with Crippen molar-refractivity contribution in [1.29, 1.82) is 0 Å². The lowest BCUT2D eigenvalue weighted by Gasteiger charge is -2.12. The predicted molar refractivity (Wildman–Crippen MR) is 104 cm³/mol. The summed E-state index contributed by atoms with van der Waals surface area (Å²) in [5, 5.41) is 3.52. The standard InChI is InChI=1S/C17H18N4O2S2/c1-10(2)12-7-11-16(23)20-14(21-17(11)25-12)8-24-9-15(22)19-13-5-3-4-6-18-13/h3-7,10-11H,8-9H2,1-2H3,(H,18,19,22). The summed E-state index contributed by atoms with van der Waals surface area (Å²) in [6, 6.07) is 5.33. The molecular weight excluding hydrogens is 356 g/mol. The van der Waals surface area contributed by atoms with Gasteiger partial charge in [0.25, 0.3) is 5.91 Å². The van der Waals surface area contributed by atoms with Crippen LogP contribution in [0.25, 0.3) is 0 Å². The SMILES string of the molecule is CC(C)C1=CC2C(=O)N=C(CSCC(=O)Nc3ccccn3)N=C2S1. The van der Waals surface area contributed by atoms with E-state index in [1.54, 1.807) is 30.1 Å². The second-order valence-corrected chi connectivity index (χ2v) is 7.96. The van der Waals surface area contributed by atoms with Gasteiger partial charge in [-0.05, 0) is 23.0 Å². The first kappa shape index (κ1) is 17.9. The van der Waals surface area contributed by atoms with E-state index in [-0.39, 0.29) is 23.5 Å². The average Bonchev–Trinajstić information content (AvgIpc) is 3.01. The van der Waals surface area contributed by atoms with E-state index in [1.807, 2.05) is 12.1 Å². The number of aliphatic imine (C=N–C) groups is 2. The average molecular weight is 374 g/mol. The van der Waals surface area contributed by atoms with E-state index >= 15 is 0 Å². The van der Waals surface area contributed by atoms with E-state index in [0.717, 1.165) is 9.95 Å². The molecule has 0 bridgehead atoms. The molecule has 6 nitrogen and oxygen atoms in total. The molecule has 0 radical (unpaired) electrons. The van der Waals surface area contributed by atoms with Gasteiger partial charge in [-0.1, -0.05) is 37.8 Å². The molecule has 1 atom stereocenters. The smallest absolute Gasteiger partial charge is 0.261 e. The number of nitrogens with zero attached hydrogens (tertiary/aromatic N) is 3. The Balaban J connectivity index is 1.50. The number of aromatic nitrogens is 1. The van der Waals surface area contributed by atoms with Crippen molar-refractivity contribution in [2.45, 2.75) is 13.8 Å². The number of fused-ring (bicyclic) bond motifs is 1. The topological polar surface area (TPSA) is 83.8 Å². The molecule has 0 spiro atoms. The number of amides is 2. The quantitative estimate of drug-likeness (QED) is 0.827. The summed E-state index contributed by atoms with van der Waals surface area (Å²) in [5.41, 5.74) is 0. The van der Waals surface area contributed by atoms with Crippen molar-refractivity contribution in [3.05, 3.63) is 35.4 Å². The Morgan fingerprint density at radius 3 is 2.92 bits per heavy atom. The lowest BCUT2D eigenvalue weighted by Crippen LogP contribution is -2.24. The molecule has 2 aliphatic heterocycles. The monoisotopic (exact) mass is 374 g/mol. The number of carbonyl (C=O) groups excluding carboxylic acids is 2. The number of hydrogen-bond acceptors (Lipinski definition) is 6. The highest BCUT2D eigenvalue weighted by atomic mass is 32.2. The number of hydrogen-bond donors (Lipinski definition) is 1. The van der Waals surface area contributed by atoms with Crippen LogP contribution in [0.15, 0.2) is 45.4 Å². The van der Waals surface area contributed by atoms with Crippen LogP contribution in [0.4, 0.5) is 5.82 Å². The van der Waals surface area contributed by atoms with Crippen LogP contribution in [0.2, 0.25) is 0 Å². The lowest BCUT2D eigenvalue weighted by atomic mass is 10.1. The van der Waals surface area contributed by atoms with Crippen LogP contribution < -0.4 is 5.32 Å². The maximum absolute atomic E-state index is 12.2. The Morgan fingerprint density at radius 2 is 2.20 bits per heavy atom. The van der Waals surface area contributed by atoms with Gasteiger partial charge in [0.05, 0.1) is 16.5 Å². The fourth-order valence-corrected chi connectivity index (χ4v) is 4.10. The molecule has 2 amide bonds. The number of carbonyl (C=O) groups is 2. The molecule has 3 rings (SSSR count). The summed E-state index contributed by atoms with van der Waals surface area (Å²) in [7, 11) is 0. The van der Waals surface area contributed by atoms with Gasteiger partial charge in [-0.3, -0.25) is 9.59 Å². The molecule has 0 aliphatic carbocycles. The van der Waals surface area contributed by atoms with E-state index in [2.05, 4.69) is 34.1 Å². The van der Waals surface area contributed by atoms with Crippen molar-refractivity contribution in [2.24, 2.45) is 21.8 Å². The van der Waals surface area contributed by atoms with E-state index in [0.29, 0.717) is 23.3 Å². The van der Waals surface area contributed by atoms with E-state index < -0.39 is 0 Å². The van der Waals surface area contributed by atoms with Crippen molar-refractivity contribution in [3.8, 4) is 0 Å². The minimum Gasteiger partial charge on any atom is -0.310 e. The summed E-state index contributed by atoms with van der Waals surface area (Å²) >= 11 is 2.94. The van der Waals surface area contributed by atoms with Gasteiger partial charge >= 0.3 is 0 Å². The molecule has 3 heterocycles. The van der Waals surface area contributed by atoms with Crippen LogP contribution >= 0.6 is 23.5 Å². The van der Waals surface area contributed by atoms with E-state index in [9.17, 15) is 9.59 Å². The first-order chi connectivity index (χ1) is 12.0. The molecule has 25 heavy (non-hydrogen) atoms. The highest BCUT2D eigenvalue weighted by molar-refractivity contribution is 8.17. The van der Waals surface area contributed by atoms with Gasteiger partial charge < -0.3 is 5.32 Å². The van der Waals surface area contributed by atoms with Crippen molar-refractivity contribution in [1.82, 2.24) is 4.98 Å². The molecule has 0 fully saturated rings. The van der Waals surface area contributed by atoms with Gasteiger partial charge in [-0.25, -0.2) is 9.98 Å². The Hall–Kier alpha value is -1.93. The van der Waals surface area contributed by atoms with Gasteiger partial charge in [0.2, 0.25) is 5.91 Å². The zero-order valence-electron chi connectivity index (χ0n) is 13.9. The van der Waals surface area contributed by atoms with Crippen LogP contribution in [-0.4, -0.2) is 39.2 Å². The molecular formula is C17H18N4O2S2. The molecule has 2 aliphatic rings. The molecule has 1 aromatic rings. The summed E-state index contributed by atoms with van der Waals surface area (Å²) in [6.45, 7) is 4.19. The maximum Gasteiger partial charge on any atom is 0.261 e. The minimum absolute atomic E-state index is 0.143. The molecule has 0 saturated carbocycles. The second-order valence-electron chi connectivity index (χ2n) is 5.88. The number of allylic oxidation sites excluding steroid dienone is 1. The highest BCUT2D eigenvalue weighted by Gasteiger charge is 2.34. The van der Waals surface area contributed by atoms with Crippen molar-refractivity contribution >= 4 is 52.0 Å². The number of pyridine rings is 1. The van der Waals surface area contributed by atoms with Gasteiger partial charge in [0.1, 0.15) is 17.6 Å². The Kier molecular flexibility index (Phi) is 5.70. The van der Waals surface area contributed by atoms with Crippen molar-refractivity contribution < 1.29 is 9.59 Å². The number of nitrogens with one attached hydrogen (secondary N) is 1. The predicted octanol–water partition coefficient (Wildman–Crippen LogP) is 2.99. The Bertz CT molecular complexity index is 772. The molecule has 130 valence electrons. The summed E-state index contributed by atoms with van der Waals surface area (Å²) in [6.07, 6.45) is 3.58. The van der Waals surface area contributed by atoms with Crippen LogP contribution in [0.3, 0.4) is 0 Å². The first-order valence-corrected chi connectivity index (χ1v) is 9.88. The molecule has 0 saturated heterocycles. The normalized spacial score (nSPS) is 19.2. The summed E-state index contributed by atoms with van der Waals surface area (Å²) < 4.78 is 0. The van der Waals surface area contributed by atoms with Crippen LogP contribution in [0, 0.1) is 11.8 Å². The Labute approximate surface area is 154 Å². The highest BCUT2D eigenvalue weighted by Crippen LogP contribution is 2.38. The molecule has 1 aromatic heterocycles. The fraction of sp³-hybridized carbons (Fsp3) is 0.353. The number of rotatable bonds is 6. The lowest BCUT2D eigenvalue weighted by molar-refractivity contribution is -0.118. The summed E-state index contributed by atoms with van der Waals surface area (Å²) in [4.78, 5) is 37.8.